The second kappa shape index (κ2) is 9.66. The van der Waals surface area contributed by atoms with Crippen LogP contribution < -0.4 is 4.90 Å². The van der Waals surface area contributed by atoms with Crippen LogP contribution in [0.25, 0.3) is 16.0 Å². The molecule has 2 aliphatic heterocycles. The van der Waals surface area contributed by atoms with Crippen LogP contribution in [0.3, 0.4) is 0 Å². The van der Waals surface area contributed by atoms with Crippen molar-refractivity contribution in [3.63, 3.8) is 0 Å². The number of Topliss-reactive ketones (excluding diaryl/α,β-unsaturated/α-hetero) is 2. The Kier molecular flexibility index (Phi) is 5.80. The lowest BCUT2D eigenvalue weighted by atomic mass is 9.82. The third-order valence-corrected chi connectivity index (χ3v) is 12.0. The van der Waals surface area contributed by atoms with Gasteiger partial charge in [0.15, 0.2) is 11.6 Å². The van der Waals surface area contributed by atoms with Crippen LogP contribution >= 0.6 is 11.8 Å². The largest absolute Gasteiger partial charge is 0.478 e. The highest BCUT2D eigenvalue weighted by molar-refractivity contribution is 8.10. The number of nitrogens with zero attached hydrogens (tertiary/aromatic N) is 1. The second-order valence-corrected chi connectivity index (χ2v) is 14.8. The number of carboxylic acid groups (broad SMARTS) is 1. The molecular formula is C40H31NO4S. The fraction of sp³-hybridized carbons (Fsp3) is 0.225. The first-order chi connectivity index (χ1) is 22.2. The van der Waals surface area contributed by atoms with Crippen LogP contribution in [-0.4, -0.2) is 33.9 Å². The zero-order chi connectivity index (χ0) is 31.5. The Balaban J connectivity index is 1.01. The smallest absolute Gasteiger partial charge is 0.335 e. The number of aromatic carboxylic acids is 1. The lowest BCUT2D eigenvalue weighted by Crippen LogP contribution is -2.26. The van der Waals surface area contributed by atoms with Gasteiger partial charge < -0.3 is 10.0 Å². The molecule has 1 N–H and O–H groups in total. The fourth-order valence-corrected chi connectivity index (χ4v) is 9.48. The zero-order valence-corrected chi connectivity index (χ0v) is 26.4. The molecule has 46 heavy (non-hydrogen) atoms. The Morgan fingerprint density at radius 3 is 2.48 bits per heavy atom. The van der Waals surface area contributed by atoms with Crippen molar-refractivity contribution in [1.82, 2.24) is 0 Å². The van der Waals surface area contributed by atoms with Crippen LogP contribution in [0.4, 0.5) is 11.4 Å². The van der Waals surface area contributed by atoms with Crippen molar-refractivity contribution in [2.75, 3.05) is 4.90 Å². The van der Waals surface area contributed by atoms with E-state index in [0.29, 0.717) is 12.0 Å². The molecule has 1 saturated carbocycles. The first-order valence-corrected chi connectivity index (χ1v) is 16.8. The molecule has 5 aliphatic rings. The number of fused-ring (bicyclic) bond motifs is 7. The van der Waals surface area contributed by atoms with Gasteiger partial charge in [0.05, 0.1) is 11.1 Å². The molecule has 1 fully saturated rings. The minimum atomic E-state index is -1.12. The first-order valence-electron chi connectivity index (χ1n) is 16.0. The van der Waals surface area contributed by atoms with Crippen LogP contribution in [0.1, 0.15) is 92.4 Å². The van der Waals surface area contributed by atoms with Gasteiger partial charge in [-0.25, -0.2) is 4.79 Å². The van der Waals surface area contributed by atoms with E-state index >= 15 is 0 Å². The van der Waals surface area contributed by atoms with E-state index in [1.807, 2.05) is 0 Å². The number of allylic oxidation sites excluding steroid dienone is 1. The average molecular weight is 622 g/mol. The Morgan fingerprint density at radius 1 is 0.870 bits per heavy atom. The summed E-state index contributed by atoms with van der Waals surface area (Å²) in [5.74, 6) is -1.35. The molecule has 3 aliphatic carbocycles. The number of anilines is 2. The molecule has 0 aromatic heterocycles. The summed E-state index contributed by atoms with van der Waals surface area (Å²) in [6.45, 7) is 4.65. The lowest BCUT2D eigenvalue weighted by molar-refractivity contribution is 0.0696. The Bertz CT molecular complexity index is 2140. The molecule has 2 heterocycles. The number of hydrogen-bond acceptors (Lipinski definition) is 5. The van der Waals surface area contributed by atoms with Crippen LogP contribution in [0.5, 0.6) is 0 Å². The van der Waals surface area contributed by atoms with Gasteiger partial charge in [-0.05, 0) is 88.7 Å². The van der Waals surface area contributed by atoms with E-state index < -0.39 is 11.8 Å². The predicted octanol–water partition coefficient (Wildman–Crippen LogP) is 8.94. The number of carbonyl (C=O) groups is 3. The van der Waals surface area contributed by atoms with Gasteiger partial charge in [-0.1, -0.05) is 68.8 Å². The lowest BCUT2D eigenvalue weighted by Gasteiger charge is -2.29. The minimum absolute atomic E-state index is 0.00600. The van der Waals surface area contributed by atoms with Gasteiger partial charge in [0, 0.05) is 50.0 Å². The molecule has 3 unspecified atom stereocenters. The fourth-order valence-electron chi connectivity index (χ4n) is 8.52. The molecule has 9 rings (SSSR count). The molecule has 226 valence electrons. The van der Waals surface area contributed by atoms with E-state index in [0.717, 1.165) is 4.91 Å². The molecule has 0 amide bonds. The quantitative estimate of drug-likeness (QED) is 0.181. The third kappa shape index (κ3) is 3.80. The van der Waals surface area contributed by atoms with E-state index in [-0.39, 0.29) is 38.7 Å². The summed E-state index contributed by atoms with van der Waals surface area (Å²) >= 11 is 1.65. The van der Waals surface area contributed by atoms with Gasteiger partial charge >= 0.3 is 5.97 Å². The maximum atomic E-state index is 13.0. The molecule has 0 saturated heterocycles. The summed E-state index contributed by atoms with van der Waals surface area (Å²) in [4.78, 5) is 41.1. The van der Waals surface area contributed by atoms with Crippen LogP contribution in [0.15, 0.2) is 96.6 Å². The summed E-state index contributed by atoms with van der Waals surface area (Å²) in [5.41, 5.74) is 11.2. The highest BCUT2D eigenvalue weighted by atomic mass is 32.2. The molecule has 0 bridgehead atoms. The molecular weight excluding hydrogens is 591 g/mol. The average Bonchev–Trinajstić information content (AvgIpc) is 3.75. The number of rotatable bonds is 4. The number of thioether (sulfide) groups is 1. The summed E-state index contributed by atoms with van der Waals surface area (Å²) in [6.07, 6.45) is 7.44. The predicted molar refractivity (Wildman–Crippen MR) is 182 cm³/mol. The van der Waals surface area contributed by atoms with Crippen LogP contribution in [0, 0.1) is 0 Å². The molecule has 4 aromatic carbocycles. The van der Waals surface area contributed by atoms with Gasteiger partial charge in [0.25, 0.3) is 0 Å². The topological polar surface area (TPSA) is 74.7 Å². The van der Waals surface area contributed by atoms with E-state index in [4.69, 9.17) is 0 Å². The van der Waals surface area contributed by atoms with E-state index in [9.17, 15) is 19.5 Å². The monoisotopic (exact) mass is 621 g/mol. The number of hydrogen-bond donors (Lipinski definition) is 1. The summed E-state index contributed by atoms with van der Waals surface area (Å²) in [7, 11) is 0. The van der Waals surface area contributed by atoms with Gasteiger partial charge in [0.2, 0.25) is 0 Å². The summed E-state index contributed by atoms with van der Waals surface area (Å²) < 4.78 is 0. The SMILES string of the molecule is CC1(C)c2ccccc2-c2cc(N3c4ccc(C5=CC(/C=C6\C(=O)c7ccc(C(=O)O)cc7C6=O)S5)cc4C4CCCC43)ccc21. The molecule has 3 atom stereocenters. The minimum Gasteiger partial charge on any atom is -0.478 e. The second-order valence-electron chi connectivity index (χ2n) is 13.6. The standard InChI is InChI=1S/C40H31NO4S/c1-40(2)32-8-4-3-6-25(32)28-18-23(12-14-33(28)40)41-34-9-5-7-26(34)29-16-21(11-15-35(29)41)36-20-24(46-36)19-31-37(42)27-13-10-22(39(44)45)17-30(27)38(31)43/h3-4,6,8,10-20,24,26,34H,5,7,9H2,1-2H3,(H,44,45)/b31-19+. The normalized spacial score (nSPS) is 23.9. The van der Waals surface area contributed by atoms with Gasteiger partial charge in [-0.2, -0.15) is 0 Å². The number of benzene rings is 4. The van der Waals surface area contributed by atoms with Gasteiger partial charge in [-0.3, -0.25) is 9.59 Å². The number of carboxylic acids is 1. The third-order valence-electron chi connectivity index (χ3n) is 10.8. The summed E-state index contributed by atoms with van der Waals surface area (Å²) in [5, 5.41) is 9.21. The molecule has 6 heteroatoms. The summed E-state index contributed by atoms with van der Waals surface area (Å²) in [6, 6.07) is 27.3. The number of carbonyl (C=O) groups excluding carboxylic acids is 2. The zero-order valence-electron chi connectivity index (χ0n) is 25.5. The van der Waals surface area contributed by atoms with Crippen molar-refractivity contribution in [3.8, 4) is 11.1 Å². The van der Waals surface area contributed by atoms with E-state index in [1.54, 1.807) is 17.8 Å². The first kappa shape index (κ1) is 27.6. The maximum Gasteiger partial charge on any atom is 0.335 e. The van der Waals surface area contributed by atoms with E-state index in [1.165, 1.54) is 82.2 Å². The van der Waals surface area contributed by atoms with Gasteiger partial charge in [0.1, 0.15) is 0 Å². The van der Waals surface area contributed by atoms with Crippen molar-refractivity contribution in [2.24, 2.45) is 0 Å². The van der Waals surface area contributed by atoms with Gasteiger partial charge in [-0.15, -0.1) is 11.8 Å². The van der Waals surface area contributed by atoms with Crippen LogP contribution in [-0.2, 0) is 5.41 Å². The van der Waals surface area contributed by atoms with Crippen LogP contribution in [0.2, 0.25) is 0 Å². The number of ketones is 2. The Labute approximate surface area is 271 Å². The van der Waals surface area contributed by atoms with Crippen molar-refractivity contribution in [3.05, 3.63) is 136 Å². The highest BCUT2D eigenvalue weighted by Crippen LogP contribution is 2.56. The molecule has 0 radical (unpaired) electrons. The molecule has 4 aromatic rings. The van der Waals surface area contributed by atoms with E-state index in [2.05, 4.69) is 85.5 Å². The maximum absolute atomic E-state index is 13.0. The highest BCUT2D eigenvalue weighted by Gasteiger charge is 2.44. The van der Waals surface area contributed by atoms with Crippen molar-refractivity contribution >= 4 is 45.6 Å². The van der Waals surface area contributed by atoms with Crippen molar-refractivity contribution in [1.29, 1.82) is 0 Å². The molecule has 0 spiro atoms. The van der Waals surface area contributed by atoms with Crippen molar-refractivity contribution < 1.29 is 19.5 Å². The van der Waals surface area contributed by atoms with Crippen molar-refractivity contribution in [2.45, 2.75) is 55.7 Å². The molecule has 5 nitrogen and oxygen atoms in total. The Morgan fingerprint density at radius 2 is 1.65 bits per heavy atom. The Hall–Kier alpha value is -4.68.